The summed E-state index contributed by atoms with van der Waals surface area (Å²) in [5.74, 6) is 0.579. The van der Waals surface area contributed by atoms with E-state index < -0.39 is 0 Å². The minimum atomic E-state index is -0.0513. The number of nitrogens with zero attached hydrogens (tertiary/aromatic N) is 3. The predicted octanol–water partition coefficient (Wildman–Crippen LogP) is 2.30. The lowest BCUT2D eigenvalue weighted by Gasteiger charge is -2.13. The number of carbonyl (C=O) groups excluding carboxylic acids is 2. The van der Waals surface area contributed by atoms with Gasteiger partial charge in [0.05, 0.1) is 11.0 Å². The molecule has 0 bridgehead atoms. The third kappa shape index (κ3) is 2.68. The van der Waals surface area contributed by atoms with E-state index in [0.29, 0.717) is 25.1 Å². The summed E-state index contributed by atoms with van der Waals surface area (Å²) >= 11 is 1.59. The van der Waals surface area contributed by atoms with Gasteiger partial charge in [0.25, 0.3) is 0 Å². The van der Waals surface area contributed by atoms with Crippen LogP contribution in [0.5, 0.6) is 0 Å². The minimum Gasteiger partial charge on any atom is -0.319 e. The first-order valence-electron chi connectivity index (χ1n) is 7.12. The highest BCUT2D eigenvalue weighted by Crippen LogP contribution is 2.24. The Hall–Kier alpha value is -1.82. The van der Waals surface area contributed by atoms with Crippen molar-refractivity contribution in [2.45, 2.75) is 31.5 Å². The van der Waals surface area contributed by atoms with Crippen LogP contribution in [0.15, 0.2) is 29.4 Å². The number of hydrogen-bond donors (Lipinski definition) is 0. The summed E-state index contributed by atoms with van der Waals surface area (Å²) < 4.78 is 2.16. The average Bonchev–Trinajstić information content (AvgIpc) is 3.00. The first-order valence-corrected chi connectivity index (χ1v) is 8.10. The summed E-state index contributed by atoms with van der Waals surface area (Å²) in [5.41, 5.74) is 2.10. The highest BCUT2D eigenvalue weighted by molar-refractivity contribution is 7.99. The first-order chi connectivity index (χ1) is 10.2. The standard InChI is InChI=1S/C15H17N3O2S/c1-2-17-12-6-4-3-5-11(12)16-15(17)21-10-9-18-13(19)7-8-14(18)20/h3-6H,2,7-10H2,1H3. The van der Waals surface area contributed by atoms with Crippen LogP contribution in [0.2, 0.25) is 0 Å². The highest BCUT2D eigenvalue weighted by atomic mass is 32.2. The van der Waals surface area contributed by atoms with E-state index in [2.05, 4.69) is 22.5 Å². The van der Waals surface area contributed by atoms with Gasteiger partial charge in [0, 0.05) is 31.7 Å². The molecule has 1 aromatic heterocycles. The van der Waals surface area contributed by atoms with Gasteiger partial charge in [0.1, 0.15) is 0 Å². The van der Waals surface area contributed by atoms with Crippen molar-refractivity contribution in [1.82, 2.24) is 14.5 Å². The number of likely N-dealkylation sites (tertiary alicyclic amines) is 1. The van der Waals surface area contributed by atoms with Crippen LogP contribution in [0, 0.1) is 0 Å². The monoisotopic (exact) mass is 303 g/mol. The predicted molar refractivity (Wildman–Crippen MR) is 82.1 cm³/mol. The van der Waals surface area contributed by atoms with Gasteiger partial charge in [0.15, 0.2) is 5.16 Å². The van der Waals surface area contributed by atoms with E-state index in [1.54, 1.807) is 11.8 Å². The number of thioether (sulfide) groups is 1. The summed E-state index contributed by atoms with van der Waals surface area (Å²) in [6, 6.07) is 8.04. The zero-order valence-electron chi connectivity index (χ0n) is 11.9. The van der Waals surface area contributed by atoms with E-state index in [1.165, 1.54) is 4.90 Å². The molecule has 0 atom stereocenters. The van der Waals surface area contributed by atoms with Crippen molar-refractivity contribution in [2.24, 2.45) is 0 Å². The average molecular weight is 303 g/mol. The summed E-state index contributed by atoms with van der Waals surface area (Å²) in [4.78, 5) is 29.1. The van der Waals surface area contributed by atoms with Crippen LogP contribution in [0.3, 0.4) is 0 Å². The molecule has 1 aliphatic rings. The lowest BCUT2D eigenvalue weighted by Crippen LogP contribution is -2.31. The van der Waals surface area contributed by atoms with Crippen LogP contribution in [-0.4, -0.2) is 38.6 Å². The van der Waals surface area contributed by atoms with Gasteiger partial charge in [-0.25, -0.2) is 4.98 Å². The summed E-state index contributed by atoms with van der Waals surface area (Å²) in [6.45, 7) is 3.41. The molecule has 1 fully saturated rings. The first kappa shape index (κ1) is 14.1. The number of rotatable bonds is 5. The van der Waals surface area contributed by atoms with Gasteiger partial charge < -0.3 is 4.57 Å². The highest BCUT2D eigenvalue weighted by Gasteiger charge is 2.28. The molecule has 0 aliphatic carbocycles. The number of para-hydroxylation sites is 2. The maximum absolute atomic E-state index is 11.6. The molecule has 0 saturated carbocycles. The molecule has 1 aromatic carbocycles. The molecule has 0 radical (unpaired) electrons. The van der Waals surface area contributed by atoms with Crippen molar-refractivity contribution in [1.29, 1.82) is 0 Å². The second-order valence-electron chi connectivity index (χ2n) is 4.91. The number of fused-ring (bicyclic) bond motifs is 1. The lowest BCUT2D eigenvalue weighted by atomic mass is 10.3. The van der Waals surface area contributed by atoms with Crippen LogP contribution < -0.4 is 0 Å². The topological polar surface area (TPSA) is 55.2 Å². The minimum absolute atomic E-state index is 0.0513. The molecule has 2 amide bonds. The van der Waals surface area contributed by atoms with Gasteiger partial charge in [-0.2, -0.15) is 0 Å². The molecule has 1 aliphatic heterocycles. The fraction of sp³-hybridized carbons (Fsp3) is 0.400. The fourth-order valence-electron chi connectivity index (χ4n) is 2.57. The molecule has 2 heterocycles. The quantitative estimate of drug-likeness (QED) is 0.628. The Morgan fingerprint density at radius 3 is 2.62 bits per heavy atom. The number of imidazole rings is 1. The van der Waals surface area contributed by atoms with Gasteiger partial charge in [-0.15, -0.1) is 0 Å². The van der Waals surface area contributed by atoms with E-state index >= 15 is 0 Å². The Morgan fingerprint density at radius 1 is 1.19 bits per heavy atom. The van der Waals surface area contributed by atoms with Crippen LogP contribution >= 0.6 is 11.8 Å². The summed E-state index contributed by atoms with van der Waals surface area (Å²) in [5, 5.41) is 0.942. The lowest BCUT2D eigenvalue weighted by molar-refractivity contribution is -0.137. The molecule has 21 heavy (non-hydrogen) atoms. The molecule has 5 nitrogen and oxygen atoms in total. The maximum Gasteiger partial charge on any atom is 0.229 e. The molecular weight excluding hydrogens is 286 g/mol. The van der Waals surface area contributed by atoms with E-state index in [9.17, 15) is 9.59 Å². The van der Waals surface area contributed by atoms with Crippen molar-refractivity contribution >= 4 is 34.6 Å². The molecule has 0 unspecified atom stereocenters. The zero-order valence-corrected chi connectivity index (χ0v) is 12.7. The molecule has 2 aromatic rings. The van der Waals surface area contributed by atoms with E-state index in [-0.39, 0.29) is 11.8 Å². The van der Waals surface area contributed by atoms with Crippen molar-refractivity contribution in [3.63, 3.8) is 0 Å². The van der Waals surface area contributed by atoms with Gasteiger partial charge in [-0.05, 0) is 19.1 Å². The molecule has 3 rings (SSSR count). The van der Waals surface area contributed by atoms with Gasteiger partial charge in [-0.3, -0.25) is 14.5 Å². The third-order valence-electron chi connectivity index (χ3n) is 3.64. The van der Waals surface area contributed by atoms with Crippen LogP contribution in [0.25, 0.3) is 11.0 Å². The molecule has 6 heteroatoms. The van der Waals surface area contributed by atoms with Crippen molar-refractivity contribution in [2.75, 3.05) is 12.3 Å². The SMILES string of the molecule is CCn1c(SCCN2C(=O)CCC2=O)nc2ccccc21. The number of aryl methyl sites for hydroxylation is 1. The summed E-state index contributed by atoms with van der Waals surface area (Å²) in [7, 11) is 0. The van der Waals surface area contributed by atoms with Gasteiger partial charge in [-0.1, -0.05) is 23.9 Å². The Bertz CT molecular complexity index is 679. The second kappa shape index (κ2) is 5.89. The largest absolute Gasteiger partial charge is 0.319 e. The zero-order chi connectivity index (χ0) is 14.8. The smallest absolute Gasteiger partial charge is 0.229 e. The van der Waals surface area contributed by atoms with Crippen molar-refractivity contribution in [3.05, 3.63) is 24.3 Å². The molecule has 0 spiro atoms. The Kier molecular flexibility index (Phi) is 3.96. The van der Waals surface area contributed by atoms with E-state index in [0.717, 1.165) is 22.7 Å². The van der Waals surface area contributed by atoms with Crippen molar-refractivity contribution in [3.8, 4) is 0 Å². The number of carbonyl (C=O) groups is 2. The van der Waals surface area contributed by atoms with Crippen molar-refractivity contribution < 1.29 is 9.59 Å². The van der Waals surface area contributed by atoms with Gasteiger partial charge in [0.2, 0.25) is 11.8 Å². The molecule has 1 saturated heterocycles. The molecular formula is C15H17N3O2S. The summed E-state index contributed by atoms with van der Waals surface area (Å²) in [6.07, 6.45) is 0.716. The molecule has 110 valence electrons. The number of hydrogen-bond acceptors (Lipinski definition) is 4. The van der Waals surface area contributed by atoms with Crippen LogP contribution in [-0.2, 0) is 16.1 Å². The molecule has 0 N–H and O–H groups in total. The van der Waals surface area contributed by atoms with Crippen LogP contribution in [0.4, 0.5) is 0 Å². The van der Waals surface area contributed by atoms with E-state index in [4.69, 9.17) is 0 Å². The number of imide groups is 1. The second-order valence-corrected chi connectivity index (χ2v) is 5.98. The Morgan fingerprint density at radius 2 is 1.90 bits per heavy atom. The Labute approximate surface area is 127 Å². The van der Waals surface area contributed by atoms with Gasteiger partial charge >= 0.3 is 0 Å². The van der Waals surface area contributed by atoms with E-state index in [1.807, 2.05) is 18.2 Å². The Balaban J connectivity index is 1.70. The third-order valence-corrected chi connectivity index (χ3v) is 4.59. The maximum atomic E-state index is 11.6. The number of aromatic nitrogens is 2. The fourth-order valence-corrected chi connectivity index (χ4v) is 3.57. The normalized spacial score (nSPS) is 15.4. The number of benzene rings is 1. The van der Waals surface area contributed by atoms with Crippen LogP contribution in [0.1, 0.15) is 19.8 Å². The number of amides is 2.